The normalized spacial score (nSPS) is 9.79. The summed E-state index contributed by atoms with van der Waals surface area (Å²) in [5.41, 5.74) is 13.1. The molecule has 2 N–H and O–H groups in total. The fraction of sp³-hybridized carbons (Fsp3) is 0. The molecule has 0 saturated carbocycles. The Hall–Kier alpha value is -2.93. The van der Waals surface area contributed by atoms with Crippen LogP contribution in [0.15, 0.2) is 29.6 Å². The minimum Gasteiger partial charge on any atom is -0.436 e. The molecule has 9 heteroatoms. The van der Waals surface area contributed by atoms with Crippen molar-refractivity contribution in [1.82, 2.24) is 9.97 Å². The number of hydrogen-bond donors (Lipinski definition) is 1. The van der Waals surface area contributed by atoms with E-state index in [2.05, 4.69) is 20.0 Å². The average Bonchev–Trinajstić information content (AvgIpc) is 2.37. The summed E-state index contributed by atoms with van der Waals surface area (Å²) in [5.74, 6) is -2.16. The molecule has 19 heavy (non-hydrogen) atoms. The maximum Gasteiger partial charge on any atom is 0.222 e. The van der Waals surface area contributed by atoms with Crippen LogP contribution in [0.4, 0.5) is 20.3 Å². The highest BCUT2D eigenvalue weighted by molar-refractivity contribution is 5.45. The molecule has 0 atom stereocenters. The van der Waals surface area contributed by atoms with Gasteiger partial charge in [-0.3, -0.25) is 0 Å². The molecule has 7 nitrogen and oxygen atoms in total. The Morgan fingerprint density at radius 2 is 2.00 bits per heavy atom. The monoisotopic (exact) mass is 264 g/mol. The summed E-state index contributed by atoms with van der Waals surface area (Å²) in [4.78, 5) is 9.82. The van der Waals surface area contributed by atoms with Gasteiger partial charge in [0, 0.05) is 23.1 Å². The number of nitrogen functional groups attached to an aromatic ring is 1. The van der Waals surface area contributed by atoms with Gasteiger partial charge >= 0.3 is 0 Å². The van der Waals surface area contributed by atoms with Crippen molar-refractivity contribution in [2.75, 3.05) is 5.73 Å². The molecule has 2 rings (SSSR count). The smallest absolute Gasteiger partial charge is 0.222 e. The van der Waals surface area contributed by atoms with E-state index in [9.17, 15) is 8.78 Å². The Bertz CT molecular complexity index is 671. The molecule has 1 aromatic heterocycles. The second-order valence-electron chi connectivity index (χ2n) is 3.31. The molecule has 0 aliphatic heterocycles. The first kappa shape index (κ1) is 12.5. The number of rotatable bonds is 3. The largest absolute Gasteiger partial charge is 0.436 e. The number of nitrogens with zero attached hydrogens (tertiary/aromatic N) is 5. The van der Waals surface area contributed by atoms with Crippen LogP contribution in [0.5, 0.6) is 11.6 Å². The zero-order valence-electron chi connectivity index (χ0n) is 9.29. The van der Waals surface area contributed by atoms with Crippen molar-refractivity contribution in [1.29, 1.82) is 0 Å². The summed E-state index contributed by atoms with van der Waals surface area (Å²) in [6, 6.07) is 2.76. The summed E-state index contributed by atoms with van der Waals surface area (Å²) in [5, 5.41) is 3.22. The van der Waals surface area contributed by atoms with Gasteiger partial charge in [0.05, 0.1) is 5.69 Å². The fourth-order valence-electron chi connectivity index (χ4n) is 1.22. The first-order chi connectivity index (χ1) is 9.10. The average molecular weight is 264 g/mol. The summed E-state index contributed by atoms with van der Waals surface area (Å²) >= 11 is 0. The third-order valence-corrected chi connectivity index (χ3v) is 2.04. The van der Waals surface area contributed by atoms with Crippen LogP contribution in [-0.4, -0.2) is 9.97 Å². The van der Waals surface area contributed by atoms with E-state index in [4.69, 9.17) is 16.0 Å². The Balaban J connectivity index is 2.33. The van der Waals surface area contributed by atoms with Crippen molar-refractivity contribution in [2.24, 2.45) is 5.11 Å². The predicted molar refractivity (Wildman–Crippen MR) is 61.7 cm³/mol. The number of anilines is 1. The molecule has 0 aliphatic rings. The van der Waals surface area contributed by atoms with E-state index in [1.165, 1.54) is 6.07 Å². The third-order valence-electron chi connectivity index (χ3n) is 2.04. The number of nitrogens with two attached hydrogens (primary N) is 1. The molecule has 1 aromatic carbocycles. The quantitative estimate of drug-likeness (QED) is 0.397. The highest BCUT2D eigenvalue weighted by atomic mass is 19.1. The van der Waals surface area contributed by atoms with Gasteiger partial charge in [-0.2, -0.15) is 0 Å². The van der Waals surface area contributed by atoms with E-state index >= 15 is 0 Å². The Morgan fingerprint density at radius 1 is 1.21 bits per heavy atom. The van der Waals surface area contributed by atoms with Gasteiger partial charge < -0.3 is 10.5 Å². The van der Waals surface area contributed by atoms with Crippen molar-refractivity contribution in [2.45, 2.75) is 0 Å². The fourth-order valence-corrected chi connectivity index (χ4v) is 1.22. The van der Waals surface area contributed by atoms with Crippen molar-refractivity contribution in [3.63, 3.8) is 0 Å². The van der Waals surface area contributed by atoms with Crippen LogP contribution in [0.25, 0.3) is 10.4 Å². The van der Waals surface area contributed by atoms with E-state index in [1.807, 2.05) is 0 Å². The van der Waals surface area contributed by atoms with Gasteiger partial charge in [0.25, 0.3) is 0 Å². The molecule has 2 aromatic rings. The third kappa shape index (κ3) is 2.85. The van der Waals surface area contributed by atoms with E-state index in [0.717, 1.165) is 18.5 Å². The van der Waals surface area contributed by atoms with E-state index < -0.39 is 17.4 Å². The molecule has 0 bridgehead atoms. The number of ether oxygens (including phenoxy) is 1. The number of aromatic nitrogens is 2. The molecule has 0 radical (unpaired) electrons. The van der Waals surface area contributed by atoms with Crippen molar-refractivity contribution >= 4 is 11.5 Å². The van der Waals surface area contributed by atoms with Gasteiger partial charge in [0.15, 0.2) is 11.6 Å². The Morgan fingerprint density at radius 3 is 2.74 bits per heavy atom. The highest BCUT2D eigenvalue weighted by Gasteiger charge is 2.11. The number of benzene rings is 1. The second-order valence-corrected chi connectivity index (χ2v) is 3.31. The maximum absolute atomic E-state index is 13.5. The van der Waals surface area contributed by atoms with E-state index in [1.54, 1.807) is 0 Å². The van der Waals surface area contributed by atoms with Crippen molar-refractivity contribution < 1.29 is 13.5 Å². The summed E-state index contributed by atoms with van der Waals surface area (Å²) in [7, 11) is 0. The van der Waals surface area contributed by atoms with Crippen LogP contribution in [-0.2, 0) is 0 Å². The van der Waals surface area contributed by atoms with Gasteiger partial charge in [0.2, 0.25) is 5.88 Å². The Labute approximate surface area is 105 Å². The van der Waals surface area contributed by atoms with Crippen LogP contribution >= 0.6 is 0 Å². The molecule has 1 heterocycles. The van der Waals surface area contributed by atoms with Gasteiger partial charge in [0.1, 0.15) is 18.0 Å². The van der Waals surface area contributed by atoms with Gasteiger partial charge in [-0.05, 0) is 10.6 Å². The number of halogens is 2. The number of hydrogen-bond acceptors (Lipinski definition) is 5. The zero-order valence-corrected chi connectivity index (χ0v) is 9.29. The summed E-state index contributed by atoms with van der Waals surface area (Å²) in [6.45, 7) is 0. The molecule has 0 fully saturated rings. The standard InChI is InChI=1S/C10H6F2N6O/c11-5-2-8(6(12)1-7(5)13)19-10-3-9(17-18-14)15-4-16-10/h1-4H,13H2. The van der Waals surface area contributed by atoms with Crippen molar-refractivity contribution in [3.05, 3.63) is 46.6 Å². The lowest BCUT2D eigenvalue weighted by atomic mass is 10.3. The topological polar surface area (TPSA) is 110 Å². The molecule has 0 saturated heterocycles. The lowest BCUT2D eigenvalue weighted by Gasteiger charge is -2.07. The Kier molecular flexibility index (Phi) is 3.39. The zero-order chi connectivity index (χ0) is 13.8. The van der Waals surface area contributed by atoms with Crippen LogP contribution in [0.1, 0.15) is 0 Å². The SMILES string of the molecule is [N-]=[N+]=Nc1cc(Oc2cc(F)c(N)cc2F)ncn1. The second kappa shape index (κ2) is 5.15. The van der Waals surface area contributed by atoms with Gasteiger partial charge in [-0.15, -0.1) is 0 Å². The molecule has 0 spiro atoms. The number of azide groups is 1. The lowest BCUT2D eigenvalue weighted by Crippen LogP contribution is -1.96. The van der Waals surface area contributed by atoms with Crippen LogP contribution < -0.4 is 10.5 Å². The van der Waals surface area contributed by atoms with E-state index in [-0.39, 0.29) is 17.4 Å². The predicted octanol–water partition coefficient (Wildman–Crippen LogP) is 3.07. The summed E-state index contributed by atoms with van der Waals surface area (Å²) < 4.78 is 31.7. The highest BCUT2D eigenvalue weighted by Crippen LogP contribution is 2.27. The first-order valence-corrected chi connectivity index (χ1v) is 4.89. The molecule has 0 unspecified atom stereocenters. The van der Waals surface area contributed by atoms with E-state index in [0.29, 0.717) is 0 Å². The minimum atomic E-state index is -0.845. The van der Waals surface area contributed by atoms with Gasteiger partial charge in [-0.1, -0.05) is 0 Å². The molecule has 0 aliphatic carbocycles. The van der Waals surface area contributed by atoms with Crippen molar-refractivity contribution in [3.8, 4) is 11.6 Å². The summed E-state index contributed by atoms with van der Waals surface area (Å²) in [6.07, 6.45) is 1.06. The van der Waals surface area contributed by atoms with Crippen LogP contribution in [0, 0.1) is 11.6 Å². The molecule has 96 valence electrons. The molecular formula is C10H6F2N6O. The van der Waals surface area contributed by atoms with Crippen LogP contribution in [0.3, 0.4) is 0 Å². The first-order valence-electron chi connectivity index (χ1n) is 4.89. The van der Waals surface area contributed by atoms with Crippen LogP contribution in [0.2, 0.25) is 0 Å². The molecule has 0 amide bonds. The molecular weight excluding hydrogens is 258 g/mol. The lowest BCUT2D eigenvalue weighted by molar-refractivity contribution is 0.422. The van der Waals surface area contributed by atoms with Gasteiger partial charge in [-0.25, -0.2) is 18.7 Å². The minimum absolute atomic E-state index is 0.0103. The maximum atomic E-state index is 13.5.